The van der Waals surface area contributed by atoms with Gasteiger partial charge in [-0.1, -0.05) is 11.6 Å². The monoisotopic (exact) mass is 424 g/mol. The minimum Gasteiger partial charge on any atom is -0.497 e. The summed E-state index contributed by atoms with van der Waals surface area (Å²) in [6.07, 6.45) is 3.67. The van der Waals surface area contributed by atoms with Crippen LogP contribution in [0, 0.1) is 0 Å². The van der Waals surface area contributed by atoms with E-state index in [0.29, 0.717) is 29.4 Å². The van der Waals surface area contributed by atoms with Crippen LogP contribution in [0.3, 0.4) is 0 Å². The van der Waals surface area contributed by atoms with Gasteiger partial charge >= 0.3 is 0 Å². The maximum absolute atomic E-state index is 12.9. The molecule has 3 aromatic rings. The standard InChI is InChI=1S/C22H21ClN4O3/c1-30-17-7-5-16(6-8-17)27-13-10-20(25-27)21(28)24-19-9-4-15(23)14-18(19)22(29)26-11-2-3-12-26/h4-10,13-14H,2-3,11-12H2,1H3,(H,24,28). The van der Waals surface area contributed by atoms with Crippen LogP contribution in [0.15, 0.2) is 54.7 Å². The number of carbonyl (C=O) groups excluding carboxylic acids is 2. The van der Waals surface area contributed by atoms with Gasteiger partial charge in [-0.2, -0.15) is 5.10 Å². The average Bonchev–Trinajstić information content (AvgIpc) is 3.47. The molecular formula is C22H21ClN4O3. The number of halogens is 1. The third-order valence-electron chi connectivity index (χ3n) is 5.01. The molecule has 1 aliphatic heterocycles. The van der Waals surface area contributed by atoms with Crippen molar-refractivity contribution in [1.82, 2.24) is 14.7 Å². The van der Waals surface area contributed by atoms with Crippen LogP contribution < -0.4 is 10.1 Å². The van der Waals surface area contributed by atoms with E-state index in [1.54, 1.807) is 47.2 Å². The van der Waals surface area contributed by atoms with E-state index in [2.05, 4.69) is 10.4 Å². The van der Waals surface area contributed by atoms with Gasteiger partial charge in [0, 0.05) is 24.3 Å². The number of likely N-dealkylation sites (tertiary alicyclic amines) is 1. The number of amides is 2. The van der Waals surface area contributed by atoms with Crippen molar-refractivity contribution in [3.63, 3.8) is 0 Å². The van der Waals surface area contributed by atoms with Gasteiger partial charge in [0.15, 0.2) is 5.69 Å². The molecule has 30 heavy (non-hydrogen) atoms. The summed E-state index contributed by atoms with van der Waals surface area (Å²) in [5.41, 5.74) is 1.83. The Labute approximate surface area is 179 Å². The molecule has 4 rings (SSSR count). The fourth-order valence-electron chi connectivity index (χ4n) is 3.40. The maximum Gasteiger partial charge on any atom is 0.276 e. The van der Waals surface area contributed by atoms with Gasteiger partial charge in [-0.05, 0) is 61.4 Å². The largest absolute Gasteiger partial charge is 0.497 e. The van der Waals surface area contributed by atoms with Crippen LogP contribution in [0.25, 0.3) is 5.69 Å². The van der Waals surface area contributed by atoms with Crippen molar-refractivity contribution in [3.05, 3.63) is 71.0 Å². The zero-order valence-corrected chi connectivity index (χ0v) is 17.2. The summed E-state index contributed by atoms with van der Waals surface area (Å²) in [6.45, 7) is 1.43. The molecule has 2 aromatic carbocycles. The lowest BCUT2D eigenvalue weighted by Gasteiger charge is -2.18. The Morgan fingerprint density at radius 2 is 1.80 bits per heavy atom. The molecule has 0 bridgehead atoms. The van der Waals surface area contributed by atoms with Crippen LogP contribution >= 0.6 is 11.6 Å². The summed E-state index contributed by atoms with van der Waals surface area (Å²) in [5, 5.41) is 7.59. The number of hydrogen-bond donors (Lipinski definition) is 1. The summed E-state index contributed by atoms with van der Waals surface area (Å²) < 4.78 is 6.76. The quantitative estimate of drug-likeness (QED) is 0.671. The van der Waals surface area contributed by atoms with E-state index in [9.17, 15) is 9.59 Å². The summed E-state index contributed by atoms with van der Waals surface area (Å²) in [4.78, 5) is 27.4. The molecule has 0 unspecified atom stereocenters. The van der Waals surface area contributed by atoms with Gasteiger partial charge in [0.05, 0.1) is 24.0 Å². The van der Waals surface area contributed by atoms with Gasteiger partial charge in [-0.25, -0.2) is 4.68 Å². The number of nitrogens with one attached hydrogen (secondary N) is 1. The molecule has 1 fully saturated rings. The van der Waals surface area contributed by atoms with Gasteiger partial charge in [-0.3, -0.25) is 9.59 Å². The lowest BCUT2D eigenvalue weighted by atomic mass is 10.1. The molecule has 0 spiro atoms. The van der Waals surface area contributed by atoms with Gasteiger partial charge in [0.2, 0.25) is 0 Å². The van der Waals surface area contributed by atoms with Crippen molar-refractivity contribution in [2.24, 2.45) is 0 Å². The van der Waals surface area contributed by atoms with E-state index in [4.69, 9.17) is 16.3 Å². The van der Waals surface area contributed by atoms with Gasteiger partial charge in [0.1, 0.15) is 5.75 Å². The summed E-state index contributed by atoms with van der Waals surface area (Å²) in [6, 6.07) is 13.8. The van der Waals surface area contributed by atoms with Crippen molar-refractivity contribution in [2.75, 3.05) is 25.5 Å². The summed E-state index contributed by atoms with van der Waals surface area (Å²) in [5.74, 6) is 0.205. The highest BCUT2D eigenvalue weighted by Crippen LogP contribution is 2.24. The Morgan fingerprint density at radius 1 is 1.07 bits per heavy atom. The molecule has 1 N–H and O–H groups in total. The molecule has 0 radical (unpaired) electrons. The second-order valence-corrected chi connectivity index (χ2v) is 7.42. The zero-order valence-electron chi connectivity index (χ0n) is 16.5. The highest BCUT2D eigenvalue weighted by Gasteiger charge is 2.23. The first-order chi connectivity index (χ1) is 14.5. The van der Waals surface area contributed by atoms with E-state index in [1.165, 1.54) is 0 Å². The lowest BCUT2D eigenvalue weighted by Crippen LogP contribution is -2.29. The van der Waals surface area contributed by atoms with Gasteiger partial charge in [-0.15, -0.1) is 0 Å². The predicted octanol–water partition coefficient (Wildman–Crippen LogP) is 4.02. The molecule has 2 amide bonds. The van der Waals surface area contributed by atoms with Crippen LogP contribution in [0.1, 0.15) is 33.7 Å². The number of benzene rings is 2. The fraction of sp³-hybridized carbons (Fsp3) is 0.227. The van der Waals surface area contributed by atoms with Gasteiger partial charge < -0.3 is 15.0 Å². The third kappa shape index (κ3) is 4.16. The van der Waals surface area contributed by atoms with E-state index in [0.717, 1.165) is 24.3 Å². The molecule has 2 heterocycles. The molecule has 0 saturated carbocycles. The average molecular weight is 425 g/mol. The number of rotatable bonds is 5. The molecule has 154 valence electrons. The van der Waals surface area contributed by atoms with E-state index >= 15 is 0 Å². The SMILES string of the molecule is COc1ccc(-n2ccc(C(=O)Nc3ccc(Cl)cc3C(=O)N3CCCC3)n2)cc1. The number of carbonyl (C=O) groups is 2. The van der Waals surface area contributed by atoms with Crippen molar-refractivity contribution in [2.45, 2.75) is 12.8 Å². The molecule has 0 aliphatic carbocycles. The highest BCUT2D eigenvalue weighted by atomic mass is 35.5. The second kappa shape index (κ2) is 8.59. The Balaban J connectivity index is 1.54. The number of hydrogen-bond acceptors (Lipinski definition) is 4. The Kier molecular flexibility index (Phi) is 5.72. The van der Waals surface area contributed by atoms with Crippen molar-refractivity contribution >= 4 is 29.1 Å². The van der Waals surface area contributed by atoms with Crippen LogP contribution in [0.5, 0.6) is 5.75 Å². The minimum atomic E-state index is -0.403. The number of aromatic nitrogens is 2. The molecular weight excluding hydrogens is 404 g/mol. The molecule has 7 nitrogen and oxygen atoms in total. The van der Waals surface area contributed by atoms with E-state index < -0.39 is 5.91 Å². The fourth-order valence-corrected chi connectivity index (χ4v) is 3.58. The van der Waals surface area contributed by atoms with Crippen LogP contribution in [-0.4, -0.2) is 46.7 Å². The number of methoxy groups -OCH3 is 1. The van der Waals surface area contributed by atoms with Crippen LogP contribution in [0.2, 0.25) is 5.02 Å². The first-order valence-electron chi connectivity index (χ1n) is 9.65. The smallest absolute Gasteiger partial charge is 0.276 e. The predicted molar refractivity (Wildman–Crippen MR) is 115 cm³/mol. The summed E-state index contributed by atoms with van der Waals surface area (Å²) >= 11 is 6.11. The first kappa shape index (κ1) is 20.0. The normalized spacial score (nSPS) is 13.3. The molecule has 1 saturated heterocycles. The van der Waals surface area contributed by atoms with Gasteiger partial charge in [0.25, 0.3) is 11.8 Å². The third-order valence-corrected chi connectivity index (χ3v) is 5.25. The Hall–Kier alpha value is -3.32. The minimum absolute atomic E-state index is 0.130. The zero-order chi connectivity index (χ0) is 21.1. The number of ether oxygens (including phenoxy) is 1. The topological polar surface area (TPSA) is 76.5 Å². The molecule has 1 aliphatic rings. The van der Waals surface area contributed by atoms with E-state index in [1.807, 2.05) is 24.3 Å². The van der Waals surface area contributed by atoms with Crippen LogP contribution in [-0.2, 0) is 0 Å². The Morgan fingerprint density at radius 3 is 2.50 bits per heavy atom. The molecule has 0 atom stereocenters. The van der Waals surface area contributed by atoms with Crippen molar-refractivity contribution in [1.29, 1.82) is 0 Å². The molecule has 8 heteroatoms. The maximum atomic E-state index is 12.9. The van der Waals surface area contributed by atoms with Crippen molar-refractivity contribution < 1.29 is 14.3 Å². The number of anilines is 1. The van der Waals surface area contributed by atoms with Crippen molar-refractivity contribution in [3.8, 4) is 11.4 Å². The second-order valence-electron chi connectivity index (χ2n) is 6.99. The van der Waals surface area contributed by atoms with Crippen LogP contribution in [0.4, 0.5) is 5.69 Å². The highest BCUT2D eigenvalue weighted by molar-refractivity contribution is 6.31. The lowest BCUT2D eigenvalue weighted by molar-refractivity contribution is 0.0794. The first-order valence-corrected chi connectivity index (χ1v) is 10.0. The Bertz CT molecular complexity index is 1070. The summed E-state index contributed by atoms with van der Waals surface area (Å²) in [7, 11) is 1.60. The number of nitrogens with zero attached hydrogens (tertiary/aromatic N) is 3. The van der Waals surface area contributed by atoms with E-state index in [-0.39, 0.29) is 11.6 Å². The molecule has 1 aromatic heterocycles.